The standard InChI is InChI=1S/C17H27NO6S.Na.H/c1-4-5-6-7-12-18(2,3)13-14-23-17(19)24-15-8-10-16(11-9-15)25(20,21)22;;/h8-11H,4-7,12-14H2,1-3H3;;/q;+1;-1/p+1. The summed E-state index contributed by atoms with van der Waals surface area (Å²) in [6, 6.07) is 4.85. The zero-order chi connectivity index (χ0) is 18.9. The minimum absolute atomic E-state index is 0. The van der Waals surface area contributed by atoms with Crippen molar-refractivity contribution in [2.24, 2.45) is 0 Å². The van der Waals surface area contributed by atoms with Crippen LogP contribution in [-0.4, -0.2) is 57.4 Å². The van der Waals surface area contributed by atoms with Crippen LogP contribution in [0, 0.1) is 0 Å². The van der Waals surface area contributed by atoms with Crippen LogP contribution in [0.15, 0.2) is 29.2 Å². The molecular weight excluding hydrogens is 369 g/mol. The van der Waals surface area contributed by atoms with Gasteiger partial charge in [-0.15, -0.1) is 0 Å². The number of ether oxygens (including phenoxy) is 2. The first-order valence-electron chi connectivity index (χ1n) is 8.38. The predicted octanol–water partition coefficient (Wildman–Crippen LogP) is 0.222. The molecule has 0 radical (unpaired) electrons. The molecule has 1 aromatic carbocycles. The van der Waals surface area contributed by atoms with Crippen molar-refractivity contribution in [1.29, 1.82) is 0 Å². The third-order valence-corrected chi connectivity index (χ3v) is 4.72. The van der Waals surface area contributed by atoms with Gasteiger partial charge >= 0.3 is 35.7 Å². The maximum Gasteiger partial charge on any atom is 1.00 e. The maximum absolute atomic E-state index is 11.7. The van der Waals surface area contributed by atoms with E-state index in [0.717, 1.165) is 29.6 Å². The van der Waals surface area contributed by atoms with E-state index >= 15 is 0 Å². The number of nitrogens with zero attached hydrogens (tertiary/aromatic N) is 1. The molecule has 1 rings (SSSR count). The fourth-order valence-electron chi connectivity index (χ4n) is 2.26. The van der Waals surface area contributed by atoms with Crippen molar-refractivity contribution in [2.45, 2.75) is 37.5 Å². The number of hydrogen-bond donors (Lipinski definition) is 1. The van der Waals surface area contributed by atoms with Gasteiger partial charge < -0.3 is 15.4 Å². The third kappa shape index (κ3) is 10.5. The summed E-state index contributed by atoms with van der Waals surface area (Å²) in [6.45, 7) is 4.12. The van der Waals surface area contributed by atoms with E-state index in [-0.39, 0.29) is 48.2 Å². The van der Waals surface area contributed by atoms with Crippen molar-refractivity contribution in [2.75, 3.05) is 33.8 Å². The molecule has 1 N–H and O–H groups in total. The minimum Gasteiger partial charge on any atom is -1.00 e. The Hall–Kier alpha value is -0.640. The van der Waals surface area contributed by atoms with Crippen molar-refractivity contribution in [3.8, 4) is 5.75 Å². The van der Waals surface area contributed by atoms with E-state index in [0.29, 0.717) is 6.54 Å². The molecule has 0 saturated heterocycles. The average molecular weight is 398 g/mol. The van der Waals surface area contributed by atoms with Crippen molar-refractivity contribution >= 4 is 16.3 Å². The number of unbranched alkanes of at least 4 members (excludes halogenated alkanes) is 3. The van der Waals surface area contributed by atoms with E-state index in [1.54, 1.807) is 0 Å². The van der Waals surface area contributed by atoms with Gasteiger partial charge in [0.2, 0.25) is 0 Å². The first-order chi connectivity index (χ1) is 11.6. The molecule has 0 unspecified atom stereocenters. The van der Waals surface area contributed by atoms with Gasteiger partial charge in [-0.3, -0.25) is 4.55 Å². The predicted molar refractivity (Wildman–Crippen MR) is 95.3 cm³/mol. The van der Waals surface area contributed by atoms with Gasteiger partial charge in [0.15, 0.2) is 0 Å². The number of quaternary nitrogens is 1. The minimum atomic E-state index is -4.26. The molecular formula is C17H29NNaO6S+. The Morgan fingerprint density at radius 1 is 1.12 bits per heavy atom. The summed E-state index contributed by atoms with van der Waals surface area (Å²) in [5.41, 5.74) is 0. The van der Waals surface area contributed by atoms with Gasteiger partial charge in [-0.1, -0.05) is 19.8 Å². The van der Waals surface area contributed by atoms with Gasteiger partial charge in [-0.25, -0.2) is 4.79 Å². The molecule has 0 fully saturated rings. The number of benzene rings is 1. The summed E-state index contributed by atoms with van der Waals surface area (Å²) in [7, 11) is -0.0801. The van der Waals surface area contributed by atoms with Crippen LogP contribution in [0.2, 0.25) is 0 Å². The monoisotopic (exact) mass is 398 g/mol. The Bertz CT molecular complexity index is 652. The molecule has 0 bridgehead atoms. The molecule has 1 aromatic rings. The van der Waals surface area contributed by atoms with E-state index in [1.165, 1.54) is 31.4 Å². The molecule has 7 nitrogen and oxygen atoms in total. The van der Waals surface area contributed by atoms with E-state index in [2.05, 4.69) is 21.0 Å². The molecule has 0 spiro atoms. The smallest absolute Gasteiger partial charge is 1.00 e. The van der Waals surface area contributed by atoms with Crippen LogP contribution in [0.3, 0.4) is 0 Å². The Labute approximate surface area is 179 Å². The third-order valence-electron chi connectivity index (χ3n) is 3.86. The molecule has 0 aromatic heterocycles. The van der Waals surface area contributed by atoms with E-state index < -0.39 is 16.3 Å². The van der Waals surface area contributed by atoms with Gasteiger partial charge in [-0.2, -0.15) is 8.42 Å². The summed E-state index contributed by atoms with van der Waals surface area (Å²) in [5, 5.41) is 0. The van der Waals surface area contributed by atoms with Crippen LogP contribution in [0.25, 0.3) is 0 Å². The first-order valence-corrected chi connectivity index (χ1v) is 9.82. The van der Waals surface area contributed by atoms with Crippen molar-refractivity contribution in [3.63, 3.8) is 0 Å². The molecule has 0 heterocycles. The van der Waals surface area contributed by atoms with Crippen LogP contribution in [0.5, 0.6) is 5.75 Å². The Morgan fingerprint density at radius 2 is 1.73 bits per heavy atom. The maximum atomic E-state index is 11.7. The van der Waals surface area contributed by atoms with Gasteiger partial charge in [0, 0.05) is 0 Å². The van der Waals surface area contributed by atoms with Crippen LogP contribution >= 0.6 is 0 Å². The number of likely N-dealkylation sites (N-methyl/N-ethyl adjacent to an activating group) is 1. The topological polar surface area (TPSA) is 89.9 Å². The van der Waals surface area contributed by atoms with Crippen LogP contribution in [-0.2, 0) is 14.9 Å². The Kier molecular flexibility index (Phi) is 11.7. The first kappa shape index (κ1) is 25.4. The normalized spacial score (nSPS) is 11.5. The molecule has 0 aliphatic carbocycles. The van der Waals surface area contributed by atoms with Crippen molar-refractivity contribution in [3.05, 3.63) is 24.3 Å². The molecule has 144 valence electrons. The number of carbonyl (C=O) groups is 1. The van der Waals surface area contributed by atoms with Crippen LogP contribution in [0.4, 0.5) is 4.79 Å². The van der Waals surface area contributed by atoms with Crippen LogP contribution < -0.4 is 34.3 Å². The number of rotatable bonds is 10. The van der Waals surface area contributed by atoms with Gasteiger partial charge in [0.25, 0.3) is 10.1 Å². The van der Waals surface area contributed by atoms with E-state index in [9.17, 15) is 13.2 Å². The molecule has 0 atom stereocenters. The van der Waals surface area contributed by atoms with Gasteiger partial charge in [0.1, 0.15) is 18.9 Å². The Morgan fingerprint density at radius 3 is 2.27 bits per heavy atom. The van der Waals surface area contributed by atoms with Crippen molar-refractivity contribution < 1.29 is 62.7 Å². The zero-order valence-electron chi connectivity index (χ0n) is 17.1. The Balaban J connectivity index is 0. The SMILES string of the molecule is CCCCCC[N+](C)(C)CCOC(=O)Oc1ccc(S(=O)(=O)O)cc1.[H-].[Na+]. The second-order valence-corrected chi connectivity index (χ2v) is 8.01. The second kappa shape index (κ2) is 11.9. The summed E-state index contributed by atoms with van der Waals surface area (Å²) in [5.74, 6) is 0.144. The molecule has 0 aliphatic rings. The molecule has 0 amide bonds. The quantitative estimate of drug-likeness (QED) is 0.151. The fourth-order valence-corrected chi connectivity index (χ4v) is 2.74. The van der Waals surface area contributed by atoms with Crippen LogP contribution in [0.1, 0.15) is 34.0 Å². The molecule has 0 saturated carbocycles. The molecule has 26 heavy (non-hydrogen) atoms. The van der Waals surface area contributed by atoms with Crippen molar-refractivity contribution in [1.82, 2.24) is 0 Å². The number of carbonyl (C=O) groups excluding carboxylic acids is 1. The summed E-state index contributed by atoms with van der Waals surface area (Å²) in [6.07, 6.45) is 3.95. The average Bonchev–Trinajstić information content (AvgIpc) is 2.51. The molecule has 9 heteroatoms. The van der Waals surface area contributed by atoms with Gasteiger partial charge in [-0.05, 0) is 37.1 Å². The van der Waals surface area contributed by atoms with Gasteiger partial charge in [0.05, 0.1) is 25.5 Å². The number of hydrogen-bond acceptors (Lipinski definition) is 5. The second-order valence-electron chi connectivity index (χ2n) is 6.59. The summed E-state index contributed by atoms with van der Waals surface area (Å²) < 4.78 is 41.5. The van der Waals surface area contributed by atoms with E-state index in [1.807, 2.05) is 0 Å². The largest absolute Gasteiger partial charge is 1.00 e. The fraction of sp³-hybridized carbons (Fsp3) is 0.588. The van der Waals surface area contributed by atoms with E-state index in [4.69, 9.17) is 14.0 Å². The summed E-state index contributed by atoms with van der Waals surface area (Å²) >= 11 is 0. The summed E-state index contributed by atoms with van der Waals surface area (Å²) in [4.78, 5) is 11.4. The molecule has 0 aliphatic heterocycles. The zero-order valence-corrected chi connectivity index (χ0v) is 18.9.